The van der Waals surface area contributed by atoms with Gasteiger partial charge in [-0.15, -0.1) is 0 Å². The SMILES string of the molecule is COc1ccc(CN(C[C@@H](O)COCc2ccccc2)C[C@]2(O)CC[C@H]3c4ccc(cc4C(=O)c4ccco4)C[C@@H](O)CCC(C)=CCC[C@@]32C)c(OC)c1. The van der Waals surface area contributed by atoms with E-state index in [4.69, 9.17) is 18.6 Å². The van der Waals surface area contributed by atoms with Crippen LogP contribution in [0, 0.1) is 5.41 Å². The predicted octanol–water partition coefficient (Wildman–Crippen LogP) is 7.65. The zero-order chi connectivity index (χ0) is 39.0. The summed E-state index contributed by atoms with van der Waals surface area (Å²) in [5.41, 5.74) is 3.61. The molecule has 0 saturated heterocycles. The summed E-state index contributed by atoms with van der Waals surface area (Å²) in [4.78, 5) is 16.2. The number of allylic oxidation sites excluding steroid dienone is 2. The lowest BCUT2D eigenvalue weighted by molar-refractivity contribution is -0.0924. The maximum Gasteiger partial charge on any atom is 0.228 e. The van der Waals surface area contributed by atoms with Gasteiger partial charge in [0.15, 0.2) is 5.76 Å². The number of fused-ring (bicyclic) bond motifs is 8. The minimum Gasteiger partial charge on any atom is -0.497 e. The molecule has 3 N–H and O–H groups in total. The molecule has 0 spiro atoms. The van der Waals surface area contributed by atoms with Gasteiger partial charge in [-0.3, -0.25) is 9.69 Å². The van der Waals surface area contributed by atoms with Crippen LogP contribution in [0.1, 0.15) is 96.7 Å². The lowest BCUT2D eigenvalue weighted by atomic mass is 9.64. The lowest BCUT2D eigenvalue weighted by Crippen LogP contribution is -2.53. The highest BCUT2D eigenvalue weighted by molar-refractivity contribution is 6.08. The summed E-state index contributed by atoms with van der Waals surface area (Å²) in [6, 6.07) is 25.0. The lowest BCUT2D eigenvalue weighted by Gasteiger charge is -2.46. The van der Waals surface area contributed by atoms with Crippen molar-refractivity contribution in [1.82, 2.24) is 4.90 Å². The summed E-state index contributed by atoms with van der Waals surface area (Å²) in [6.45, 7) is 5.74. The van der Waals surface area contributed by atoms with E-state index < -0.39 is 23.2 Å². The van der Waals surface area contributed by atoms with Gasteiger partial charge in [-0.25, -0.2) is 0 Å². The molecular weight excluding hydrogens is 695 g/mol. The summed E-state index contributed by atoms with van der Waals surface area (Å²) in [5.74, 6) is 1.24. The third-order valence-corrected chi connectivity index (χ3v) is 11.9. The zero-order valence-electron chi connectivity index (χ0n) is 32.7. The molecule has 9 nitrogen and oxygen atoms in total. The number of rotatable bonds is 14. The molecule has 3 aliphatic carbocycles. The van der Waals surface area contributed by atoms with E-state index in [2.05, 4.69) is 24.8 Å². The van der Waals surface area contributed by atoms with Gasteiger partial charge in [0, 0.05) is 42.2 Å². The number of ketones is 1. The first-order chi connectivity index (χ1) is 26.5. The van der Waals surface area contributed by atoms with Crippen molar-refractivity contribution in [2.75, 3.05) is 33.9 Å². The van der Waals surface area contributed by atoms with E-state index in [1.54, 1.807) is 26.4 Å². The monoisotopic (exact) mass is 751 g/mol. The van der Waals surface area contributed by atoms with Crippen molar-refractivity contribution in [3.63, 3.8) is 0 Å². The highest BCUT2D eigenvalue weighted by Gasteiger charge is 2.57. The number of furan rings is 1. The van der Waals surface area contributed by atoms with Crippen LogP contribution < -0.4 is 9.47 Å². The number of methoxy groups -OCH3 is 2. The molecule has 9 heteroatoms. The van der Waals surface area contributed by atoms with E-state index in [9.17, 15) is 20.1 Å². The normalized spacial score (nSPS) is 23.5. The molecule has 0 unspecified atom stereocenters. The summed E-state index contributed by atoms with van der Waals surface area (Å²) in [5, 5.41) is 35.5. The maximum absolute atomic E-state index is 14.1. The van der Waals surface area contributed by atoms with Crippen LogP contribution in [0.2, 0.25) is 0 Å². The topological polar surface area (TPSA) is 122 Å². The van der Waals surface area contributed by atoms with E-state index in [-0.39, 0.29) is 37.2 Å². The molecule has 3 aromatic carbocycles. The van der Waals surface area contributed by atoms with E-state index in [0.29, 0.717) is 62.3 Å². The quantitative estimate of drug-likeness (QED) is 0.0882. The standard InChI is InChI=1S/C46H57NO8/c1-32-10-8-21-45(2)41(39-19-15-34(24-36(48)17-14-32)25-40(39)44(50)42-13-9-23-55-42)20-22-46(45,51)31-47(27-35-16-18-38(52-3)26-43(35)53-4)28-37(49)30-54-29-33-11-6-5-7-12-33/h5-7,9-13,15-16,18-19,23,25-26,36-37,41,48-49,51H,8,14,17,20-22,24,27-31H2,1-4H3/t36-,37+,41-,45-,46+/m0/s1. The van der Waals surface area contributed by atoms with Gasteiger partial charge in [0.05, 0.1) is 51.5 Å². The number of carbonyl (C=O) groups is 1. The zero-order valence-corrected chi connectivity index (χ0v) is 32.7. The second-order valence-corrected chi connectivity index (χ2v) is 15.8. The second-order valence-electron chi connectivity index (χ2n) is 15.8. The van der Waals surface area contributed by atoms with Crippen molar-refractivity contribution in [1.29, 1.82) is 0 Å². The van der Waals surface area contributed by atoms with Crippen LogP contribution in [0.5, 0.6) is 11.5 Å². The van der Waals surface area contributed by atoms with Crippen LogP contribution in [0.4, 0.5) is 0 Å². The first kappa shape index (κ1) is 40.4. The molecule has 7 rings (SSSR count). The van der Waals surface area contributed by atoms with Gasteiger partial charge >= 0.3 is 0 Å². The Labute approximate surface area is 325 Å². The maximum atomic E-state index is 14.1. The van der Waals surface area contributed by atoms with Gasteiger partial charge in [0.1, 0.15) is 11.5 Å². The molecule has 1 fully saturated rings. The largest absolute Gasteiger partial charge is 0.497 e. The van der Waals surface area contributed by atoms with Crippen LogP contribution in [0.15, 0.2) is 101 Å². The Morgan fingerprint density at radius 2 is 1.82 bits per heavy atom. The van der Waals surface area contributed by atoms with Crippen LogP contribution >= 0.6 is 0 Å². The average Bonchev–Trinajstić information content (AvgIpc) is 3.81. The van der Waals surface area contributed by atoms with Crippen LogP contribution in [0.3, 0.4) is 0 Å². The van der Waals surface area contributed by atoms with E-state index in [1.807, 2.05) is 66.7 Å². The third kappa shape index (κ3) is 9.59. The van der Waals surface area contributed by atoms with Gasteiger partial charge in [-0.2, -0.15) is 0 Å². The van der Waals surface area contributed by atoms with E-state index in [1.165, 1.54) is 11.8 Å². The number of carbonyl (C=O) groups excluding carboxylic acids is 1. The number of aliphatic hydroxyl groups is 3. The highest BCUT2D eigenvalue weighted by atomic mass is 16.5. The van der Waals surface area contributed by atoms with Gasteiger partial charge in [0.2, 0.25) is 5.78 Å². The van der Waals surface area contributed by atoms with Gasteiger partial charge in [-0.1, -0.05) is 67.1 Å². The van der Waals surface area contributed by atoms with Crippen molar-refractivity contribution < 1.29 is 38.7 Å². The van der Waals surface area contributed by atoms with Crippen molar-refractivity contribution in [3.8, 4) is 11.5 Å². The number of hydrogen-bond donors (Lipinski definition) is 3. The molecule has 3 aliphatic rings. The first-order valence-corrected chi connectivity index (χ1v) is 19.5. The van der Waals surface area contributed by atoms with Gasteiger partial charge in [-0.05, 0) is 98.7 Å². The number of benzene rings is 3. The van der Waals surface area contributed by atoms with Gasteiger partial charge < -0.3 is 33.9 Å². The highest BCUT2D eigenvalue weighted by Crippen LogP contribution is 2.59. The van der Waals surface area contributed by atoms with E-state index in [0.717, 1.165) is 35.1 Å². The van der Waals surface area contributed by atoms with Crippen molar-refractivity contribution in [2.45, 2.75) is 95.7 Å². The fourth-order valence-corrected chi connectivity index (χ4v) is 8.75. The van der Waals surface area contributed by atoms with Crippen molar-refractivity contribution in [2.24, 2.45) is 5.41 Å². The Hall–Kier alpha value is -4.25. The Balaban J connectivity index is 1.35. The Kier molecular flexibility index (Phi) is 13.3. The molecule has 0 aliphatic heterocycles. The molecule has 0 amide bonds. The predicted molar refractivity (Wildman–Crippen MR) is 212 cm³/mol. The van der Waals surface area contributed by atoms with E-state index >= 15 is 0 Å². The molecule has 4 aromatic rings. The minimum absolute atomic E-state index is 0.132. The summed E-state index contributed by atoms with van der Waals surface area (Å²) in [6.07, 6.45) is 6.81. The Morgan fingerprint density at radius 3 is 2.56 bits per heavy atom. The van der Waals surface area contributed by atoms with Crippen molar-refractivity contribution in [3.05, 3.63) is 130 Å². The molecular formula is C46H57NO8. The first-order valence-electron chi connectivity index (χ1n) is 19.5. The number of aliphatic hydroxyl groups excluding tert-OH is 2. The minimum atomic E-state index is -1.19. The molecule has 2 bridgehead atoms. The third-order valence-electron chi connectivity index (χ3n) is 11.9. The molecule has 1 saturated carbocycles. The smallest absolute Gasteiger partial charge is 0.228 e. The molecule has 1 heterocycles. The van der Waals surface area contributed by atoms with Gasteiger partial charge in [0.25, 0.3) is 0 Å². The number of ether oxygens (including phenoxy) is 3. The molecule has 1 aromatic heterocycles. The molecule has 0 radical (unpaired) electrons. The van der Waals surface area contributed by atoms with Crippen molar-refractivity contribution >= 4 is 5.78 Å². The van der Waals surface area contributed by atoms with Crippen LogP contribution in [-0.4, -0.2) is 77.7 Å². The Morgan fingerprint density at radius 1 is 1.00 bits per heavy atom. The fourth-order valence-electron chi connectivity index (χ4n) is 8.75. The number of hydrogen-bond acceptors (Lipinski definition) is 9. The summed E-state index contributed by atoms with van der Waals surface area (Å²) in [7, 11) is 3.25. The molecule has 294 valence electrons. The Bertz CT molecular complexity index is 1890. The molecule has 5 atom stereocenters. The average molecular weight is 752 g/mol. The molecule has 55 heavy (non-hydrogen) atoms. The summed E-state index contributed by atoms with van der Waals surface area (Å²) >= 11 is 0. The fraction of sp³-hybridized carbons (Fsp3) is 0.457. The van der Waals surface area contributed by atoms with Crippen LogP contribution in [-0.2, 0) is 24.3 Å². The summed E-state index contributed by atoms with van der Waals surface area (Å²) < 4.78 is 22.8. The second kappa shape index (κ2) is 18.1. The van der Waals surface area contributed by atoms with Crippen LogP contribution in [0.25, 0.3) is 0 Å². The number of nitrogens with zero attached hydrogens (tertiary/aromatic N) is 1.